The zero-order valence-electron chi connectivity index (χ0n) is 20.7. The summed E-state index contributed by atoms with van der Waals surface area (Å²) in [7, 11) is -4.13. The maximum Gasteiger partial charge on any atom is 0.200 e. The van der Waals surface area contributed by atoms with Gasteiger partial charge in [-0.05, 0) is 34.0 Å². The number of benzene rings is 4. The summed E-state index contributed by atoms with van der Waals surface area (Å²) in [6.07, 6.45) is 0. The Morgan fingerprint density at radius 1 is 0.372 bits per heavy atom. The van der Waals surface area contributed by atoms with Gasteiger partial charge in [0.25, 0.3) is 0 Å². The van der Waals surface area contributed by atoms with Gasteiger partial charge in [0.15, 0.2) is 77.2 Å². The highest BCUT2D eigenvalue weighted by Crippen LogP contribution is 2.42. The third kappa shape index (κ3) is 4.83. The van der Waals surface area contributed by atoms with E-state index < -0.39 is 133 Å². The minimum Gasteiger partial charge on any atom is -0.203 e. The Balaban J connectivity index is 2.40. The van der Waals surface area contributed by atoms with Gasteiger partial charge in [-0.2, -0.15) is 11.1 Å². The Kier molecular flexibility index (Phi) is 8.10. The van der Waals surface area contributed by atoms with Gasteiger partial charge in [-0.3, -0.25) is 0 Å². The number of halogens is 16. The molecule has 0 radical (unpaired) electrons. The summed E-state index contributed by atoms with van der Waals surface area (Å²) in [4.78, 5) is 0. The molecular weight excluding hydrogens is 661 g/mol. The molecule has 228 valence electrons. The predicted molar refractivity (Wildman–Crippen MR) is 125 cm³/mol. The van der Waals surface area contributed by atoms with Crippen LogP contribution >= 0.6 is 11.1 Å². The summed E-state index contributed by atoms with van der Waals surface area (Å²) in [6.45, 7) is 1.96. The minimum atomic E-state index is -4.13. The smallest absolute Gasteiger partial charge is 0.200 e. The van der Waals surface area contributed by atoms with Crippen molar-refractivity contribution in [2.24, 2.45) is 0 Å². The third-order valence-corrected chi connectivity index (χ3v) is 8.48. The fourth-order valence-electron chi connectivity index (χ4n) is 4.36. The van der Waals surface area contributed by atoms with Gasteiger partial charge in [-0.15, -0.1) is 0 Å². The highest BCUT2D eigenvalue weighted by atomic mass is 35.6. The van der Waals surface area contributed by atoms with E-state index in [1.807, 2.05) is 0 Å². The van der Waals surface area contributed by atoms with Gasteiger partial charge in [0.05, 0.1) is 16.7 Å². The molecule has 0 spiro atoms. The molecule has 0 nitrogen and oxygen atoms in total. The average Bonchev–Trinajstić information content (AvgIpc) is 2.94. The van der Waals surface area contributed by atoms with E-state index in [-0.39, 0.29) is 12.1 Å². The Bertz CT molecular complexity index is 1690. The molecule has 0 aliphatic heterocycles. The molecule has 0 unspecified atom stereocenters. The topological polar surface area (TPSA) is 0 Å². The molecule has 0 saturated heterocycles. The molecular formula is C26H8ClF15Si. The van der Waals surface area contributed by atoms with Gasteiger partial charge in [0.1, 0.15) is 0 Å². The molecule has 0 N–H and O–H groups in total. The van der Waals surface area contributed by atoms with Crippen molar-refractivity contribution in [2.75, 3.05) is 0 Å². The van der Waals surface area contributed by atoms with Crippen molar-refractivity contribution in [2.45, 2.75) is 13.1 Å². The highest BCUT2D eigenvalue weighted by Gasteiger charge is 2.38. The average molecular weight is 669 g/mol. The van der Waals surface area contributed by atoms with Crippen molar-refractivity contribution in [1.29, 1.82) is 0 Å². The van der Waals surface area contributed by atoms with Crippen LogP contribution in [0.2, 0.25) is 13.1 Å². The summed E-state index contributed by atoms with van der Waals surface area (Å²) in [5.74, 6) is -39.8. The van der Waals surface area contributed by atoms with Gasteiger partial charge in [-0.1, -0.05) is 13.1 Å². The van der Waals surface area contributed by atoms with Crippen molar-refractivity contribution in [1.82, 2.24) is 0 Å². The first-order chi connectivity index (χ1) is 19.7. The van der Waals surface area contributed by atoms with E-state index in [2.05, 4.69) is 0 Å². The van der Waals surface area contributed by atoms with Crippen LogP contribution < -0.4 is 5.19 Å². The van der Waals surface area contributed by atoms with Gasteiger partial charge in [-0.25, -0.2) is 65.9 Å². The Hall–Kier alpha value is -3.66. The highest BCUT2D eigenvalue weighted by molar-refractivity contribution is 7.27. The minimum absolute atomic E-state index is 0.124. The van der Waals surface area contributed by atoms with E-state index in [0.717, 1.165) is 13.1 Å². The van der Waals surface area contributed by atoms with Crippen molar-refractivity contribution >= 4 is 23.6 Å². The van der Waals surface area contributed by atoms with Crippen LogP contribution in [0.5, 0.6) is 0 Å². The van der Waals surface area contributed by atoms with E-state index in [0.29, 0.717) is 0 Å². The van der Waals surface area contributed by atoms with E-state index in [4.69, 9.17) is 11.1 Å². The van der Waals surface area contributed by atoms with Crippen LogP contribution in [0, 0.1) is 87.3 Å². The summed E-state index contributed by atoms with van der Waals surface area (Å²) in [5, 5.41) is -1.02. The molecule has 0 saturated carbocycles. The monoisotopic (exact) mass is 668 g/mol. The quantitative estimate of drug-likeness (QED) is 0.0669. The Labute approximate surface area is 235 Å². The van der Waals surface area contributed by atoms with Crippen molar-refractivity contribution in [3.63, 3.8) is 0 Å². The molecule has 4 aromatic rings. The first-order valence-corrected chi connectivity index (χ1v) is 15.2. The van der Waals surface area contributed by atoms with Crippen molar-refractivity contribution in [3.05, 3.63) is 99.4 Å². The number of rotatable bonds is 4. The molecule has 0 atom stereocenters. The van der Waals surface area contributed by atoms with Crippen molar-refractivity contribution < 1.29 is 65.9 Å². The summed E-state index contributed by atoms with van der Waals surface area (Å²) in [6, 6.07) is 0.247. The SMILES string of the molecule is C[Si](C)(Cl)c1c(-c2c(F)c(F)c(F)c(F)c2F)cc(-c2c(F)c(F)c(F)c(F)c2F)cc1-c1c(F)c(F)c(F)c(F)c1F. The Morgan fingerprint density at radius 3 is 0.814 bits per heavy atom. The summed E-state index contributed by atoms with van der Waals surface area (Å²) >= 11 is 6.34. The molecule has 4 rings (SSSR count). The van der Waals surface area contributed by atoms with Gasteiger partial charge >= 0.3 is 0 Å². The fourth-order valence-corrected chi connectivity index (χ4v) is 6.65. The Morgan fingerprint density at radius 2 is 0.581 bits per heavy atom. The zero-order chi connectivity index (χ0) is 32.6. The first-order valence-electron chi connectivity index (χ1n) is 11.2. The summed E-state index contributed by atoms with van der Waals surface area (Å²) < 4.78 is 216. The molecule has 0 aromatic heterocycles. The van der Waals surface area contributed by atoms with Gasteiger partial charge in [0, 0.05) is 0 Å². The van der Waals surface area contributed by atoms with Gasteiger partial charge in [0.2, 0.25) is 17.5 Å². The van der Waals surface area contributed by atoms with Crippen LogP contribution in [0.25, 0.3) is 33.4 Å². The van der Waals surface area contributed by atoms with Crippen LogP contribution in [0.4, 0.5) is 65.9 Å². The lowest BCUT2D eigenvalue weighted by molar-refractivity contribution is 0.381. The number of hydrogen-bond donors (Lipinski definition) is 0. The van der Waals surface area contributed by atoms with Crippen LogP contribution in [0.15, 0.2) is 12.1 Å². The van der Waals surface area contributed by atoms with E-state index in [1.165, 1.54) is 0 Å². The van der Waals surface area contributed by atoms with Crippen LogP contribution in [0.1, 0.15) is 0 Å². The van der Waals surface area contributed by atoms with Crippen molar-refractivity contribution in [3.8, 4) is 33.4 Å². The standard InChI is InChI=1S/C26H8ClF15Si/c1-43(2,27)26-6(9-13(30)19(36)24(41)20(37)14(9)31)3-5(8-11(28)17(34)23(40)18(35)12(8)29)4-7(26)10-15(32)21(38)25(42)22(39)16(10)33/h3-4H,1-2H3. The van der Waals surface area contributed by atoms with E-state index >= 15 is 17.6 Å². The molecule has 0 fully saturated rings. The third-order valence-electron chi connectivity index (χ3n) is 6.19. The van der Waals surface area contributed by atoms with Crippen LogP contribution in [0.3, 0.4) is 0 Å². The molecule has 0 amide bonds. The molecule has 4 aromatic carbocycles. The molecule has 0 aliphatic rings. The molecule has 17 heteroatoms. The van der Waals surface area contributed by atoms with E-state index in [9.17, 15) is 48.3 Å². The van der Waals surface area contributed by atoms with Gasteiger partial charge < -0.3 is 0 Å². The lowest BCUT2D eigenvalue weighted by Crippen LogP contribution is -2.39. The fraction of sp³-hybridized carbons (Fsp3) is 0.0769. The molecule has 0 aliphatic carbocycles. The van der Waals surface area contributed by atoms with Crippen LogP contribution in [-0.2, 0) is 0 Å². The van der Waals surface area contributed by atoms with Crippen LogP contribution in [-0.4, -0.2) is 7.38 Å². The second kappa shape index (κ2) is 10.8. The normalized spacial score (nSPS) is 12.0. The lowest BCUT2D eigenvalue weighted by atomic mass is 9.91. The maximum absolute atomic E-state index is 15.0. The molecule has 0 bridgehead atoms. The molecule has 43 heavy (non-hydrogen) atoms. The second-order valence-corrected chi connectivity index (χ2v) is 15.5. The number of hydrogen-bond acceptors (Lipinski definition) is 0. The second-order valence-electron chi connectivity index (χ2n) is 9.25. The predicted octanol–water partition coefficient (Wildman–Crippen LogP) is 9.42. The van der Waals surface area contributed by atoms with E-state index in [1.54, 1.807) is 0 Å². The largest absolute Gasteiger partial charge is 0.203 e. The maximum atomic E-state index is 15.0. The molecule has 0 heterocycles. The first kappa shape index (κ1) is 32.3. The zero-order valence-corrected chi connectivity index (χ0v) is 22.5. The lowest BCUT2D eigenvalue weighted by Gasteiger charge is -2.26. The summed E-state index contributed by atoms with van der Waals surface area (Å²) in [5.41, 5.74) is -10.2.